The summed E-state index contributed by atoms with van der Waals surface area (Å²) >= 11 is 7.67. The molecule has 0 saturated heterocycles. The minimum atomic E-state index is 0.866. The first-order valence-electron chi connectivity index (χ1n) is 6.72. The Bertz CT molecular complexity index is 740. The minimum absolute atomic E-state index is 0.866. The van der Waals surface area contributed by atoms with Gasteiger partial charge >= 0.3 is 0 Å². The van der Waals surface area contributed by atoms with Crippen molar-refractivity contribution in [2.24, 2.45) is 0 Å². The second-order valence-corrected chi connectivity index (χ2v) is 9.55. The second kappa shape index (κ2) is 5.63. The first-order valence-corrected chi connectivity index (χ1v) is 9.99. The lowest BCUT2D eigenvalue weighted by Crippen LogP contribution is -2.47. The lowest BCUT2D eigenvalue weighted by molar-refractivity contribution is -0.386. The zero-order chi connectivity index (χ0) is 14.4. The first-order chi connectivity index (χ1) is 10.3. The molecule has 0 fully saturated rings. The first kappa shape index (κ1) is 14.2. The molecule has 106 valence electrons. The Labute approximate surface area is 141 Å². The molecule has 0 spiro atoms. The molecule has 2 heterocycles. The zero-order valence-electron chi connectivity index (χ0n) is 11.5. The van der Waals surface area contributed by atoms with Crippen LogP contribution in [0.1, 0.15) is 11.1 Å². The highest BCUT2D eigenvalue weighted by Gasteiger charge is 2.28. The van der Waals surface area contributed by atoms with Gasteiger partial charge in [-0.05, 0) is 30.7 Å². The van der Waals surface area contributed by atoms with E-state index in [2.05, 4.69) is 49.1 Å². The van der Waals surface area contributed by atoms with E-state index in [1.165, 1.54) is 39.2 Å². The van der Waals surface area contributed by atoms with E-state index in [9.17, 15) is 0 Å². The van der Waals surface area contributed by atoms with Crippen molar-refractivity contribution in [1.29, 1.82) is 0 Å². The number of hydrogen-bond donors (Lipinski definition) is 1. The van der Waals surface area contributed by atoms with Crippen molar-refractivity contribution in [2.75, 3.05) is 0 Å². The molecule has 0 aliphatic carbocycles. The Morgan fingerprint density at radius 3 is 2.10 bits per heavy atom. The Balaban J connectivity index is 1.69. The van der Waals surface area contributed by atoms with Gasteiger partial charge in [0, 0.05) is 25.1 Å². The molecule has 0 amide bonds. The lowest BCUT2D eigenvalue weighted by Gasteiger charge is -2.05. The third-order valence-electron chi connectivity index (χ3n) is 3.57. The average Bonchev–Trinajstić information content (AvgIpc) is 3.11. The highest BCUT2D eigenvalue weighted by molar-refractivity contribution is 8.30. The van der Waals surface area contributed by atoms with Gasteiger partial charge in [-0.15, -0.1) is 0 Å². The molecule has 0 bridgehead atoms. The van der Waals surface area contributed by atoms with Gasteiger partial charge in [0.1, 0.15) is 0 Å². The molecule has 0 saturated carbocycles. The van der Waals surface area contributed by atoms with Gasteiger partial charge in [0.2, 0.25) is 0 Å². The Morgan fingerprint density at radius 1 is 0.810 bits per heavy atom. The molecule has 2 aliphatic heterocycles. The molecule has 0 atom stereocenters. The van der Waals surface area contributed by atoms with E-state index in [1.807, 2.05) is 47.0 Å². The molecule has 3 N–H and O–H groups in total. The molecule has 4 rings (SSSR count). The SMILES string of the molecule is Cc1c(C[NH3+])ccc2c1SC(=C1Sc3ccccc3S1)S2. The highest BCUT2D eigenvalue weighted by atomic mass is 32.2. The third kappa shape index (κ3) is 2.45. The largest absolute Gasteiger partial charge is 0.354 e. The van der Waals surface area contributed by atoms with Crippen LogP contribution in [0.4, 0.5) is 0 Å². The average molecular weight is 349 g/mol. The van der Waals surface area contributed by atoms with Gasteiger partial charge < -0.3 is 5.73 Å². The molecule has 2 aliphatic rings. The van der Waals surface area contributed by atoms with Gasteiger partial charge in [0.05, 0.1) is 15.0 Å². The van der Waals surface area contributed by atoms with Crippen LogP contribution in [0.25, 0.3) is 0 Å². The van der Waals surface area contributed by atoms with E-state index >= 15 is 0 Å². The summed E-state index contributed by atoms with van der Waals surface area (Å²) in [5.74, 6) is 0. The fourth-order valence-electron chi connectivity index (χ4n) is 2.41. The van der Waals surface area contributed by atoms with Crippen LogP contribution < -0.4 is 5.73 Å². The monoisotopic (exact) mass is 348 g/mol. The Morgan fingerprint density at radius 2 is 1.43 bits per heavy atom. The number of benzene rings is 2. The van der Waals surface area contributed by atoms with E-state index in [0.29, 0.717) is 0 Å². The van der Waals surface area contributed by atoms with Gasteiger partial charge in [-0.25, -0.2) is 0 Å². The number of fused-ring (bicyclic) bond motifs is 2. The molecule has 21 heavy (non-hydrogen) atoms. The predicted octanol–water partition coefficient (Wildman–Crippen LogP) is 4.96. The second-order valence-electron chi connectivity index (χ2n) is 4.86. The molecule has 0 radical (unpaired) electrons. The van der Waals surface area contributed by atoms with Crippen LogP contribution in [-0.2, 0) is 6.54 Å². The van der Waals surface area contributed by atoms with E-state index in [4.69, 9.17) is 0 Å². The quantitative estimate of drug-likeness (QED) is 0.788. The van der Waals surface area contributed by atoms with Crippen LogP contribution in [0.5, 0.6) is 0 Å². The Hall–Kier alpha value is -0.460. The lowest BCUT2D eigenvalue weighted by atomic mass is 10.1. The predicted molar refractivity (Wildman–Crippen MR) is 94.7 cm³/mol. The topological polar surface area (TPSA) is 27.6 Å². The number of hydrogen-bond acceptors (Lipinski definition) is 4. The molecule has 1 nitrogen and oxygen atoms in total. The summed E-state index contributed by atoms with van der Waals surface area (Å²) in [6, 6.07) is 13.1. The van der Waals surface area contributed by atoms with Gasteiger partial charge in [0.25, 0.3) is 0 Å². The normalized spacial score (nSPS) is 16.3. The van der Waals surface area contributed by atoms with Crippen LogP contribution in [0.2, 0.25) is 0 Å². The van der Waals surface area contributed by atoms with Crippen molar-refractivity contribution in [3.8, 4) is 0 Å². The fraction of sp³-hybridized carbons (Fsp3) is 0.125. The summed E-state index contributed by atoms with van der Waals surface area (Å²) in [4.78, 5) is 5.60. The van der Waals surface area contributed by atoms with E-state index in [1.54, 1.807) is 0 Å². The highest BCUT2D eigenvalue weighted by Crippen LogP contribution is 2.61. The van der Waals surface area contributed by atoms with Crippen molar-refractivity contribution in [3.63, 3.8) is 0 Å². The molecular weight excluding hydrogens is 334 g/mol. The maximum absolute atomic E-state index is 4.03. The molecular formula is C16H14NS4+. The van der Waals surface area contributed by atoms with Gasteiger partial charge in [-0.3, -0.25) is 0 Å². The van der Waals surface area contributed by atoms with Gasteiger partial charge in [-0.1, -0.05) is 65.2 Å². The molecule has 2 aromatic rings. The van der Waals surface area contributed by atoms with E-state index in [0.717, 1.165) is 6.54 Å². The van der Waals surface area contributed by atoms with Crippen LogP contribution in [-0.4, -0.2) is 0 Å². The number of quaternary nitrogens is 1. The van der Waals surface area contributed by atoms with Crippen LogP contribution in [0, 0.1) is 6.92 Å². The maximum atomic E-state index is 4.03. The van der Waals surface area contributed by atoms with Crippen molar-refractivity contribution in [3.05, 3.63) is 56.0 Å². The summed E-state index contributed by atoms with van der Waals surface area (Å²) in [6.07, 6.45) is 0. The van der Waals surface area contributed by atoms with Crippen molar-refractivity contribution in [1.82, 2.24) is 0 Å². The van der Waals surface area contributed by atoms with Crippen molar-refractivity contribution >= 4 is 47.0 Å². The van der Waals surface area contributed by atoms with Gasteiger partial charge in [-0.2, -0.15) is 0 Å². The summed E-state index contributed by atoms with van der Waals surface area (Å²) in [7, 11) is 0. The number of thioether (sulfide) groups is 4. The van der Waals surface area contributed by atoms with E-state index in [-0.39, 0.29) is 0 Å². The smallest absolute Gasteiger partial charge is 0.1000 e. The molecule has 5 heteroatoms. The molecule has 0 unspecified atom stereocenters. The van der Waals surface area contributed by atoms with Gasteiger partial charge in [0.15, 0.2) is 0 Å². The summed E-state index contributed by atoms with van der Waals surface area (Å²) < 4.78 is 2.86. The maximum Gasteiger partial charge on any atom is 0.1000 e. The third-order valence-corrected chi connectivity index (χ3v) is 9.35. The van der Waals surface area contributed by atoms with Crippen molar-refractivity contribution < 1.29 is 5.73 Å². The van der Waals surface area contributed by atoms with E-state index < -0.39 is 0 Å². The zero-order valence-corrected chi connectivity index (χ0v) is 14.8. The summed E-state index contributed by atoms with van der Waals surface area (Å²) in [5, 5.41) is 0. The fourth-order valence-corrected chi connectivity index (χ4v) is 7.88. The minimum Gasteiger partial charge on any atom is -0.354 e. The summed E-state index contributed by atoms with van der Waals surface area (Å²) in [5.41, 5.74) is 6.80. The van der Waals surface area contributed by atoms with Crippen molar-refractivity contribution in [2.45, 2.75) is 33.1 Å². The molecule has 0 aromatic heterocycles. The number of rotatable bonds is 1. The molecule has 2 aromatic carbocycles. The van der Waals surface area contributed by atoms with Crippen LogP contribution >= 0.6 is 47.0 Å². The van der Waals surface area contributed by atoms with Crippen LogP contribution in [0.3, 0.4) is 0 Å². The standard InChI is InChI=1S/C16H13NS4/c1-9-10(8-17)6-7-13-14(9)21-16(20-13)15-18-11-4-2-3-5-12(11)19-15/h2-7H,8,17H2,1H3/p+1. The summed E-state index contributed by atoms with van der Waals surface area (Å²) in [6.45, 7) is 3.09. The van der Waals surface area contributed by atoms with Crippen LogP contribution in [0.15, 0.2) is 64.5 Å². The Kier molecular flexibility index (Phi) is 3.79.